The fourth-order valence-corrected chi connectivity index (χ4v) is 6.59. The first-order valence-electron chi connectivity index (χ1n) is 15.6. The van der Waals surface area contributed by atoms with Crippen LogP contribution in [0.3, 0.4) is 0 Å². The van der Waals surface area contributed by atoms with Crippen molar-refractivity contribution in [3.63, 3.8) is 0 Å². The highest BCUT2D eigenvalue weighted by Crippen LogP contribution is 2.40. The number of halogens is 2. The van der Waals surface area contributed by atoms with E-state index in [-0.39, 0.29) is 19.0 Å². The zero-order valence-corrected chi connectivity index (χ0v) is 25.9. The first kappa shape index (κ1) is 30.7. The van der Waals surface area contributed by atoms with Gasteiger partial charge in [0.15, 0.2) is 5.83 Å². The largest absolute Gasteiger partial charge is 0.462 e. The maximum Gasteiger partial charge on any atom is 0.318 e. The van der Waals surface area contributed by atoms with E-state index in [0.29, 0.717) is 64.4 Å². The Morgan fingerprint density at radius 2 is 1.96 bits per heavy atom. The standard InChI is InChI=1S/C34H39F2N7O2/c1-23-6-4-7-25-8-5-9-29(30(23)25)41-15-11-27-28(21-41)38-33(45-19-18-40(3)22-34(36)12-13-34)39-31(27)42-16-17-43(32(44)24(2)35)26(20-42)10-14-37/h4-9,26H,2,10-13,15-22H2,1,3H3/t26-/m0/s1. The van der Waals surface area contributed by atoms with Gasteiger partial charge in [-0.25, -0.2) is 8.78 Å². The van der Waals surface area contributed by atoms with Crippen LogP contribution >= 0.6 is 0 Å². The number of aryl methyl sites for hydroxylation is 1. The molecule has 0 unspecified atom stereocenters. The Bertz CT molecular complexity index is 1650. The summed E-state index contributed by atoms with van der Waals surface area (Å²) in [5.74, 6) is -1.10. The maximum atomic E-state index is 14.3. The molecule has 1 saturated heterocycles. The second-order valence-electron chi connectivity index (χ2n) is 12.5. The molecule has 9 nitrogen and oxygen atoms in total. The number of nitriles is 1. The number of aromatic nitrogens is 2. The number of hydrogen-bond acceptors (Lipinski definition) is 8. The molecule has 0 spiro atoms. The van der Waals surface area contributed by atoms with Crippen LogP contribution < -0.4 is 14.5 Å². The van der Waals surface area contributed by atoms with Crippen molar-refractivity contribution in [3.05, 3.63) is 65.6 Å². The highest BCUT2D eigenvalue weighted by molar-refractivity contribution is 5.97. The van der Waals surface area contributed by atoms with Gasteiger partial charge in [-0.05, 0) is 50.2 Å². The SMILES string of the molecule is C=C(F)C(=O)N1CCN(c2nc(OCCN(C)CC3(F)CC3)nc3c2CCN(c2cccc4cccc(C)c24)C3)C[C@@H]1CC#N. The van der Waals surface area contributed by atoms with Gasteiger partial charge in [0, 0.05) is 55.9 Å². The van der Waals surface area contributed by atoms with E-state index in [1.807, 2.05) is 11.9 Å². The van der Waals surface area contributed by atoms with Gasteiger partial charge in [-0.1, -0.05) is 36.9 Å². The molecule has 1 amide bonds. The third-order valence-corrected chi connectivity index (χ3v) is 9.11. The number of amides is 1. The van der Waals surface area contributed by atoms with Crippen LogP contribution in [0.5, 0.6) is 6.01 Å². The predicted molar refractivity (Wildman–Crippen MR) is 170 cm³/mol. The van der Waals surface area contributed by atoms with E-state index in [0.717, 1.165) is 23.5 Å². The summed E-state index contributed by atoms with van der Waals surface area (Å²) in [5, 5.41) is 11.9. The number of fused-ring (bicyclic) bond motifs is 2. The molecule has 1 aliphatic carbocycles. The average molecular weight is 616 g/mol. The molecule has 1 aromatic heterocycles. The molecule has 236 valence electrons. The number of anilines is 2. The molecule has 3 aromatic rings. The number of hydrogen-bond donors (Lipinski definition) is 0. The van der Waals surface area contributed by atoms with Crippen LogP contribution in [0.2, 0.25) is 0 Å². The zero-order valence-electron chi connectivity index (χ0n) is 25.9. The third-order valence-electron chi connectivity index (χ3n) is 9.11. The number of likely N-dealkylation sites (N-methyl/N-ethyl adjacent to an activating group) is 1. The molecule has 3 heterocycles. The smallest absolute Gasteiger partial charge is 0.318 e. The van der Waals surface area contributed by atoms with Crippen LogP contribution in [0.4, 0.5) is 20.3 Å². The third kappa shape index (κ3) is 6.57. The van der Waals surface area contributed by atoms with Gasteiger partial charge in [-0.3, -0.25) is 9.69 Å². The number of ether oxygens (including phenoxy) is 1. The highest BCUT2D eigenvalue weighted by atomic mass is 19.1. The molecule has 1 saturated carbocycles. The number of piperazine rings is 1. The summed E-state index contributed by atoms with van der Waals surface area (Å²) in [6.45, 7) is 8.79. The van der Waals surface area contributed by atoms with Gasteiger partial charge >= 0.3 is 6.01 Å². The normalized spacial score (nSPS) is 18.9. The van der Waals surface area contributed by atoms with Crippen molar-refractivity contribution in [2.45, 2.75) is 50.9 Å². The summed E-state index contributed by atoms with van der Waals surface area (Å²) in [6.07, 6.45) is 1.96. The van der Waals surface area contributed by atoms with E-state index in [1.54, 1.807) is 0 Å². The number of rotatable bonds is 10. The van der Waals surface area contributed by atoms with Crippen molar-refractivity contribution in [1.29, 1.82) is 5.26 Å². The van der Waals surface area contributed by atoms with Crippen molar-refractivity contribution < 1.29 is 18.3 Å². The number of carbonyl (C=O) groups excluding carboxylic acids is 1. The minimum absolute atomic E-state index is 0.0583. The lowest BCUT2D eigenvalue weighted by atomic mass is 9.99. The predicted octanol–water partition coefficient (Wildman–Crippen LogP) is 4.73. The van der Waals surface area contributed by atoms with Crippen molar-refractivity contribution in [2.24, 2.45) is 0 Å². The van der Waals surface area contributed by atoms with Gasteiger partial charge in [0.2, 0.25) is 0 Å². The summed E-state index contributed by atoms with van der Waals surface area (Å²) in [6, 6.07) is 14.5. The second kappa shape index (κ2) is 12.6. The first-order chi connectivity index (χ1) is 21.7. The quantitative estimate of drug-likeness (QED) is 0.303. The molecule has 6 rings (SSSR count). The van der Waals surface area contributed by atoms with Gasteiger partial charge in [0.05, 0.1) is 30.8 Å². The molecule has 0 radical (unpaired) electrons. The second-order valence-corrected chi connectivity index (χ2v) is 12.5. The average Bonchev–Trinajstić information content (AvgIpc) is 3.75. The highest BCUT2D eigenvalue weighted by Gasteiger charge is 2.43. The minimum atomic E-state index is -1.08. The Hall–Kier alpha value is -4.30. The topological polar surface area (TPSA) is 88.8 Å². The molecular weight excluding hydrogens is 576 g/mol. The summed E-state index contributed by atoms with van der Waals surface area (Å²) in [5.41, 5.74) is 3.14. The van der Waals surface area contributed by atoms with Gasteiger partial charge in [-0.15, -0.1) is 0 Å². The molecule has 45 heavy (non-hydrogen) atoms. The molecule has 11 heteroatoms. The molecule has 1 atom stereocenters. The Kier molecular flexibility index (Phi) is 8.60. The lowest BCUT2D eigenvalue weighted by molar-refractivity contribution is -0.131. The molecule has 2 aliphatic heterocycles. The molecule has 0 bridgehead atoms. The zero-order chi connectivity index (χ0) is 31.7. The van der Waals surface area contributed by atoms with Crippen molar-refractivity contribution in [1.82, 2.24) is 19.8 Å². The number of carbonyl (C=O) groups is 1. The Labute approximate surface area is 262 Å². The lowest BCUT2D eigenvalue weighted by Gasteiger charge is -2.42. The number of benzene rings is 2. The molecule has 2 fully saturated rings. The summed E-state index contributed by atoms with van der Waals surface area (Å²) in [4.78, 5) is 30.0. The Balaban J connectivity index is 1.29. The van der Waals surface area contributed by atoms with E-state index in [4.69, 9.17) is 14.7 Å². The van der Waals surface area contributed by atoms with E-state index < -0.39 is 23.4 Å². The van der Waals surface area contributed by atoms with Crippen LogP contribution in [0.15, 0.2) is 48.8 Å². The van der Waals surface area contributed by atoms with Crippen LogP contribution in [0.1, 0.15) is 36.1 Å². The summed E-state index contributed by atoms with van der Waals surface area (Å²) < 4.78 is 34.2. The van der Waals surface area contributed by atoms with Gasteiger partial charge in [0.25, 0.3) is 5.91 Å². The number of alkyl halides is 1. The number of nitrogens with zero attached hydrogens (tertiary/aromatic N) is 7. The van der Waals surface area contributed by atoms with Gasteiger partial charge < -0.3 is 19.4 Å². The van der Waals surface area contributed by atoms with Crippen LogP contribution in [-0.2, 0) is 17.8 Å². The maximum absolute atomic E-state index is 14.3. The molecule has 0 N–H and O–H groups in total. The fourth-order valence-electron chi connectivity index (χ4n) is 6.59. The monoisotopic (exact) mass is 615 g/mol. The Morgan fingerprint density at radius 3 is 2.69 bits per heavy atom. The summed E-state index contributed by atoms with van der Waals surface area (Å²) >= 11 is 0. The van der Waals surface area contributed by atoms with E-state index in [1.165, 1.54) is 21.2 Å². The van der Waals surface area contributed by atoms with E-state index in [2.05, 4.69) is 65.8 Å². The van der Waals surface area contributed by atoms with Crippen molar-refractivity contribution in [3.8, 4) is 12.1 Å². The molecule has 2 aromatic carbocycles. The first-order valence-corrected chi connectivity index (χ1v) is 15.6. The molecule has 3 aliphatic rings. The van der Waals surface area contributed by atoms with Crippen molar-refractivity contribution in [2.75, 3.05) is 62.7 Å². The van der Waals surface area contributed by atoms with Crippen LogP contribution in [0.25, 0.3) is 10.8 Å². The van der Waals surface area contributed by atoms with Gasteiger partial charge in [-0.2, -0.15) is 15.2 Å². The Morgan fingerprint density at radius 1 is 1.18 bits per heavy atom. The van der Waals surface area contributed by atoms with Crippen molar-refractivity contribution >= 4 is 28.2 Å². The van der Waals surface area contributed by atoms with Gasteiger partial charge in [0.1, 0.15) is 18.1 Å². The lowest BCUT2D eigenvalue weighted by Crippen LogP contribution is -2.55. The van der Waals surface area contributed by atoms with Crippen LogP contribution in [0, 0.1) is 18.3 Å². The molecular formula is C34H39F2N7O2. The minimum Gasteiger partial charge on any atom is -0.462 e. The van der Waals surface area contributed by atoms with E-state index >= 15 is 0 Å². The summed E-state index contributed by atoms with van der Waals surface area (Å²) in [7, 11) is 1.88. The van der Waals surface area contributed by atoms with Crippen LogP contribution in [-0.4, -0.2) is 90.3 Å². The fraction of sp³-hybridized carbons (Fsp3) is 0.471. The van der Waals surface area contributed by atoms with E-state index in [9.17, 15) is 18.8 Å².